The molecule has 1 atom stereocenters. The van der Waals surface area contributed by atoms with Gasteiger partial charge in [-0.3, -0.25) is 4.98 Å². The summed E-state index contributed by atoms with van der Waals surface area (Å²) in [5.41, 5.74) is 6.63. The Bertz CT molecular complexity index is 975. The molecule has 6 heteroatoms. The van der Waals surface area contributed by atoms with E-state index in [0.717, 1.165) is 52.5 Å². The molecule has 3 aromatic rings. The first-order valence-corrected chi connectivity index (χ1v) is 9.12. The van der Waals surface area contributed by atoms with Crippen molar-refractivity contribution in [2.75, 3.05) is 24.6 Å². The van der Waals surface area contributed by atoms with Gasteiger partial charge in [-0.1, -0.05) is 11.6 Å². The van der Waals surface area contributed by atoms with Gasteiger partial charge in [0.25, 0.3) is 0 Å². The Kier molecular flexibility index (Phi) is 4.51. The maximum atomic E-state index is 6.51. The van der Waals surface area contributed by atoms with Gasteiger partial charge in [0.05, 0.1) is 28.5 Å². The lowest BCUT2D eigenvalue weighted by Gasteiger charge is -2.35. The minimum atomic E-state index is 0.0192. The van der Waals surface area contributed by atoms with E-state index in [1.807, 2.05) is 39.1 Å². The van der Waals surface area contributed by atoms with Crippen molar-refractivity contribution in [1.82, 2.24) is 15.0 Å². The molecule has 134 valence electrons. The average molecular weight is 369 g/mol. The van der Waals surface area contributed by atoms with E-state index in [4.69, 9.17) is 16.3 Å². The first-order valence-electron chi connectivity index (χ1n) is 8.75. The number of pyridine rings is 1. The highest BCUT2D eigenvalue weighted by Crippen LogP contribution is 2.31. The fourth-order valence-electron chi connectivity index (χ4n) is 3.31. The highest BCUT2D eigenvalue weighted by atomic mass is 35.5. The highest BCUT2D eigenvalue weighted by molar-refractivity contribution is 6.35. The van der Waals surface area contributed by atoms with Crippen molar-refractivity contribution in [3.05, 3.63) is 58.1 Å². The lowest BCUT2D eigenvalue weighted by atomic mass is 10.1. The predicted octanol–water partition coefficient (Wildman–Crippen LogP) is 4.18. The fourth-order valence-corrected chi connectivity index (χ4v) is 3.56. The number of hydrogen-bond acceptors (Lipinski definition) is 5. The summed E-state index contributed by atoms with van der Waals surface area (Å²) in [6.07, 6.45) is 1.85. The summed E-state index contributed by atoms with van der Waals surface area (Å²) in [5, 5.41) is 0.635. The second-order valence-corrected chi connectivity index (χ2v) is 7.13. The Morgan fingerprint density at radius 2 is 1.92 bits per heavy atom. The van der Waals surface area contributed by atoms with Crippen LogP contribution in [0.5, 0.6) is 0 Å². The molecule has 0 bridgehead atoms. The Morgan fingerprint density at radius 3 is 2.73 bits per heavy atom. The summed E-state index contributed by atoms with van der Waals surface area (Å²) in [6.45, 7) is 8.18. The van der Waals surface area contributed by atoms with Crippen LogP contribution in [0.15, 0.2) is 30.5 Å². The third kappa shape index (κ3) is 3.24. The number of anilines is 1. The molecule has 1 aromatic carbocycles. The van der Waals surface area contributed by atoms with Crippen molar-refractivity contribution >= 4 is 28.3 Å². The first kappa shape index (κ1) is 17.2. The molecule has 0 radical (unpaired) electrons. The summed E-state index contributed by atoms with van der Waals surface area (Å²) in [4.78, 5) is 15.8. The van der Waals surface area contributed by atoms with E-state index in [9.17, 15) is 0 Å². The number of fused-ring (bicyclic) bond motifs is 1. The van der Waals surface area contributed by atoms with Crippen LogP contribution in [0.1, 0.15) is 28.7 Å². The topological polar surface area (TPSA) is 51.1 Å². The molecule has 0 spiro atoms. The lowest BCUT2D eigenvalue weighted by molar-refractivity contribution is 0.0397. The molecule has 0 saturated carbocycles. The number of aryl methyl sites for hydroxylation is 3. The molecule has 5 nitrogen and oxygen atoms in total. The van der Waals surface area contributed by atoms with Gasteiger partial charge in [-0.25, -0.2) is 9.97 Å². The lowest BCUT2D eigenvalue weighted by Crippen LogP contribution is -2.38. The molecular weight excluding hydrogens is 348 g/mol. The molecule has 4 rings (SSSR count). The molecule has 3 heterocycles. The van der Waals surface area contributed by atoms with Gasteiger partial charge in [0.1, 0.15) is 11.6 Å². The van der Waals surface area contributed by atoms with E-state index < -0.39 is 0 Å². The standard InChI is InChI=1S/C20H21ClN4O/c1-12-8-15(4-5-22-12)19-11-25(6-7-26-19)16-9-17(21)20-18(10-16)23-13(2)14(3)24-20/h4-5,8-10,19H,6-7,11H2,1-3H3/t19-/m1/s1. The van der Waals surface area contributed by atoms with Crippen LogP contribution >= 0.6 is 11.6 Å². The van der Waals surface area contributed by atoms with Crippen molar-refractivity contribution in [2.45, 2.75) is 26.9 Å². The summed E-state index contributed by atoms with van der Waals surface area (Å²) >= 11 is 6.51. The van der Waals surface area contributed by atoms with Crippen LogP contribution in [0.3, 0.4) is 0 Å². The third-order valence-electron chi connectivity index (χ3n) is 4.84. The SMILES string of the molecule is Cc1cc([C@H]2CN(c3cc(Cl)c4nc(C)c(C)nc4c3)CCO2)ccn1. The summed E-state index contributed by atoms with van der Waals surface area (Å²) in [6, 6.07) is 8.15. The summed E-state index contributed by atoms with van der Waals surface area (Å²) in [7, 11) is 0. The second-order valence-electron chi connectivity index (χ2n) is 6.73. The molecule has 0 N–H and O–H groups in total. The number of benzene rings is 1. The van der Waals surface area contributed by atoms with Crippen LogP contribution in [0.25, 0.3) is 11.0 Å². The zero-order valence-corrected chi connectivity index (χ0v) is 15.9. The summed E-state index contributed by atoms with van der Waals surface area (Å²) in [5.74, 6) is 0. The normalized spacial score (nSPS) is 17.7. The number of aromatic nitrogens is 3. The zero-order valence-electron chi connectivity index (χ0n) is 15.2. The van der Waals surface area contributed by atoms with E-state index >= 15 is 0 Å². The van der Waals surface area contributed by atoms with Crippen LogP contribution in [-0.4, -0.2) is 34.6 Å². The molecule has 1 aliphatic rings. The van der Waals surface area contributed by atoms with Gasteiger partial charge < -0.3 is 9.64 Å². The molecule has 26 heavy (non-hydrogen) atoms. The molecule has 0 aliphatic carbocycles. The van der Waals surface area contributed by atoms with Crippen LogP contribution in [0, 0.1) is 20.8 Å². The van der Waals surface area contributed by atoms with Crippen molar-refractivity contribution in [1.29, 1.82) is 0 Å². The van der Waals surface area contributed by atoms with Crippen LogP contribution in [-0.2, 0) is 4.74 Å². The molecule has 0 amide bonds. The van der Waals surface area contributed by atoms with Gasteiger partial charge in [0.2, 0.25) is 0 Å². The highest BCUT2D eigenvalue weighted by Gasteiger charge is 2.23. The largest absolute Gasteiger partial charge is 0.370 e. The van der Waals surface area contributed by atoms with Crippen molar-refractivity contribution in [2.24, 2.45) is 0 Å². The van der Waals surface area contributed by atoms with Crippen molar-refractivity contribution in [3.8, 4) is 0 Å². The van der Waals surface area contributed by atoms with Crippen LogP contribution in [0.4, 0.5) is 5.69 Å². The zero-order chi connectivity index (χ0) is 18.3. The van der Waals surface area contributed by atoms with E-state index in [2.05, 4.69) is 32.0 Å². The number of morpholine rings is 1. The third-order valence-corrected chi connectivity index (χ3v) is 5.13. The maximum Gasteiger partial charge on any atom is 0.108 e. The summed E-state index contributed by atoms with van der Waals surface area (Å²) < 4.78 is 5.99. The number of hydrogen-bond donors (Lipinski definition) is 0. The monoisotopic (exact) mass is 368 g/mol. The molecule has 1 saturated heterocycles. The van der Waals surface area contributed by atoms with E-state index in [1.165, 1.54) is 0 Å². The minimum absolute atomic E-state index is 0.0192. The maximum absolute atomic E-state index is 6.51. The van der Waals surface area contributed by atoms with Gasteiger partial charge in [-0.2, -0.15) is 0 Å². The second kappa shape index (κ2) is 6.82. The number of ether oxygens (including phenoxy) is 1. The molecule has 1 fully saturated rings. The number of nitrogens with zero attached hydrogens (tertiary/aromatic N) is 4. The van der Waals surface area contributed by atoms with E-state index in [-0.39, 0.29) is 6.10 Å². The van der Waals surface area contributed by atoms with Gasteiger partial charge in [0, 0.05) is 30.7 Å². The van der Waals surface area contributed by atoms with Gasteiger partial charge in [0.15, 0.2) is 0 Å². The fraction of sp³-hybridized carbons (Fsp3) is 0.350. The predicted molar refractivity (Wildman–Crippen MR) is 104 cm³/mol. The van der Waals surface area contributed by atoms with Crippen molar-refractivity contribution in [3.63, 3.8) is 0 Å². The molecule has 2 aromatic heterocycles. The Labute approximate surface area is 158 Å². The first-order chi connectivity index (χ1) is 12.5. The van der Waals surface area contributed by atoms with E-state index in [0.29, 0.717) is 11.6 Å². The van der Waals surface area contributed by atoms with Gasteiger partial charge in [-0.15, -0.1) is 0 Å². The minimum Gasteiger partial charge on any atom is -0.370 e. The van der Waals surface area contributed by atoms with Gasteiger partial charge >= 0.3 is 0 Å². The van der Waals surface area contributed by atoms with Crippen LogP contribution in [0.2, 0.25) is 5.02 Å². The Morgan fingerprint density at radius 1 is 1.12 bits per heavy atom. The van der Waals surface area contributed by atoms with Gasteiger partial charge in [-0.05, 0) is 50.6 Å². The van der Waals surface area contributed by atoms with Crippen molar-refractivity contribution < 1.29 is 4.74 Å². The average Bonchev–Trinajstić information content (AvgIpc) is 2.63. The molecule has 1 aliphatic heterocycles. The Balaban J connectivity index is 1.67. The Hall–Kier alpha value is -2.24. The van der Waals surface area contributed by atoms with Crippen LogP contribution < -0.4 is 4.90 Å². The number of halogens is 1. The quantitative estimate of drug-likeness (QED) is 0.679. The molecular formula is C20H21ClN4O. The smallest absolute Gasteiger partial charge is 0.108 e. The number of rotatable bonds is 2. The molecule has 0 unspecified atom stereocenters. The van der Waals surface area contributed by atoms with E-state index in [1.54, 1.807) is 0 Å².